The molecule has 0 bridgehead atoms. The van der Waals surface area contributed by atoms with E-state index in [1.165, 1.54) is 0 Å². The fraction of sp³-hybridized carbons (Fsp3) is 0.267. The number of rotatable bonds is 3. The molecule has 2 aliphatic rings. The van der Waals surface area contributed by atoms with E-state index in [0.29, 0.717) is 17.3 Å². The molecule has 1 aromatic heterocycles. The van der Waals surface area contributed by atoms with E-state index in [2.05, 4.69) is 45.1 Å². The van der Waals surface area contributed by atoms with E-state index in [1.807, 2.05) is 61.6 Å². The third-order valence-electron chi connectivity index (χ3n) is 7.61. The van der Waals surface area contributed by atoms with Crippen LogP contribution >= 0.6 is 0 Å². The first-order chi connectivity index (χ1) is 18.5. The van der Waals surface area contributed by atoms with Gasteiger partial charge in [0.1, 0.15) is 6.07 Å². The lowest BCUT2D eigenvalue weighted by molar-refractivity contribution is 0.0992. The van der Waals surface area contributed by atoms with Gasteiger partial charge in [0.15, 0.2) is 5.82 Å². The third-order valence-corrected chi connectivity index (χ3v) is 7.61. The second-order valence-corrected chi connectivity index (χ2v) is 9.94. The number of carbonyl (C=O) groups is 1. The van der Waals surface area contributed by atoms with Crippen molar-refractivity contribution in [1.29, 1.82) is 5.26 Å². The molecule has 38 heavy (non-hydrogen) atoms. The fourth-order valence-electron chi connectivity index (χ4n) is 5.81. The molecule has 3 aromatic carbocycles. The molecule has 190 valence electrons. The van der Waals surface area contributed by atoms with Crippen LogP contribution in [0.15, 0.2) is 71.3 Å². The Labute approximate surface area is 221 Å². The number of carbonyl (C=O) groups excluding carboxylic acids is 1. The Kier molecular flexibility index (Phi) is 5.93. The van der Waals surface area contributed by atoms with Crippen molar-refractivity contribution in [3.63, 3.8) is 0 Å². The summed E-state index contributed by atoms with van der Waals surface area (Å²) in [5.41, 5.74) is 6.06. The molecule has 1 amide bonds. The average molecular weight is 505 g/mol. The molecule has 0 saturated carbocycles. The minimum atomic E-state index is -0.0421. The number of amides is 1. The summed E-state index contributed by atoms with van der Waals surface area (Å²) in [6.07, 6.45) is 0. The van der Waals surface area contributed by atoms with Gasteiger partial charge in [-0.1, -0.05) is 41.6 Å². The molecule has 0 N–H and O–H groups in total. The van der Waals surface area contributed by atoms with Crippen molar-refractivity contribution in [1.82, 2.24) is 15.0 Å². The van der Waals surface area contributed by atoms with Crippen LogP contribution in [0.3, 0.4) is 0 Å². The molecule has 0 spiro atoms. The lowest BCUT2D eigenvalue weighted by Crippen LogP contribution is -2.53. The minimum absolute atomic E-state index is 0.0115. The number of nitrogens with zero attached hydrogens (tertiary/aromatic N) is 6. The zero-order chi connectivity index (χ0) is 26.4. The Morgan fingerprint density at radius 2 is 1.76 bits per heavy atom. The van der Waals surface area contributed by atoms with Crippen molar-refractivity contribution < 1.29 is 9.32 Å². The second-order valence-electron chi connectivity index (χ2n) is 9.94. The van der Waals surface area contributed by atoms with Crippen molar-refractivity contribution in [2.45, 2.75) is 25.9 Å². The molecule has 0 radical (unpaired) electrons. The van der Waals surface area contributed by atoms with Crippen molar-refractivity contribution in [3.8, 4) is 17.5 Å². The Morgan fingerprint density at radius 1 is 1.00 bits per heavy atom. The van der Waals surface area contributed by atoms with Gasteiger partial charge in [0, 0.05) is 49.5 Å². The van der Waals surface area contributed by atoms with E-state index in [4.69, 9.17) is 4.52 Å². The molecule has 0 aliphatic carbocycles. The smallest absolute Gasteiger partial charge is 0.258 e. The van der Waals surface area contributed by atoms with Crippen molar-refractivity contribution >= 4 is 17.3 Å². The summed E-state index contributed by atoms with van der Waals surface area (Å²) in [4.78, 5) is 24.2. The van der Waals surface area contributed by atoms with Crippen LogP contribution in [0.4, 0.5) is 11.4 Å². The van der Waals surface area contributed by atoms with E-state index >= 15 is 0 Å². The number of aryl methyl sites for hydroxylation is 1. The van der Waals surface area contributed by atoms with Crippen molar-refractivity contribution in [2.75, 3.05) is 36.5 Å². The number of benzene rings is 3. The number of piperazine rings is 1. The zero-order valence-corrected chi connectivity index (χ0v) is 21.6. The summed E-state index contributed by atoms with van der Waals surface area (Å²) in [6.45, 7) is 6.27. The number of fused-ring (bicyclic) bond motifs is 2. The minimum Gasteiger partial charge on any atom is -0.365 e. The highest BCUT2D eigenvalue weighted by molar-refractivity contribution is 6.08. The Bertz CT molecular complexity index is 1570. The molecular weight excluding hydrogens is 476 g/mol. The van der Waals surface area contributed by atoms with Gasteiger partial charge in [-0.15, -0.1) is 0 Å². The Morgan fingerprint density at radius 3 is 2.50 bits per heavy atom. The molecule has 2 atom stereocenters. The Hall–Kier alpha value is -4.48. The highest BCUT2D eigenvalue weighted by Crippen LogP contribution is 2.41. The van der Waals surface area contributed by atoms with E-state index in [9.17, 15) is 10.1 Å². The van der Waals surface area contributed by atoms with Gasteiger partial charge >= 0.3 is 0 Å². The van der Waals surface area contributed by atoms with Crippen LogP contribution in [0.5, 0.6) is 0 Å². The summed E-state index contributed by atoms with van der Waals surface area (Å²) in [7, 11) is 1.85. The molecule has 8 heteroatoms. The molecule has 4 aromatic rings. The van der Waals surface area contributed by atoms with E-state index in [-0.39, 0.29) is 18.0 Å². The number of hydrogen-bond donors (Lipinski definition) is 0. The van der Waals surface area contributed by atoms with Crippen LogP contribution < -0.4 is 9.80 Å². The van der Waals surface area contributed by atoms with Crippen molar-refractivity contribution in [2.24, 2.45) is 0 Å². The number of anilines is 2. The molecule has 8 nitrogen and oxygen atoms in total. The van der Waals surface area contributed by atoms with Gasteiger partial charge in [-0.05, 0) is 55.3 Å². The normalized spacial score (nSPS) is 19.5. The largest absolute Gasteiger partial charge is 0.365 e. The molecule has 1 saturated heterocycles. The van der Waals surface area contributed by atoms with Gasteiger partial charge in [0.05, 0.1) is 17.3 Å². The summed E-state index contributed by atoms with van der Waals surface area (Å²) < 4.78 is 5.30. The predicted octanol–water partition coefficient (Wildman–Crippen LogP) is 4.81. The van der Waals surface area contributed by atoms with Gasteiger partial charge in [-0.2, -0.15) is 10.2 Å². The topological polar surface area (TPSA) is 89.5 Å². The molecule has 2 aliphatic heterocycles. The SMILES string of the molecule is Cc1noc(-c2ccc(N3CCN(C4c5ccccc5C(=O)N(C)c5ccccc54)C[C@H]3C)c(C#N)c2)n1. The first kappa shape index (κ1) is 23.9. The zero-order valence-electron chi connectivity index (χ0n) is 21.6. The average Bonchev–Trinajstić information content (AvgIpc) is 3.35. The van der Waals surface area contributed by atoms with Crippen LogP contribution in [-0.4, -0.2) is 53.7 Å². The summed E-state index contributed by atoms with van der Waals surface area (Å²) in [6, 6.07) is 24.3. The monoisotopic (exact) mass is 504 g/mol. The van der Waals surface area contributed by atoms with Crippen LogP contribution in [0.25, 0.3) is 11.5 Å². The highest BCUT2D eigenvalue weighted by Gasteiger charge is 2.37. The number of hydrogen-bond acceptors (Lipinski definition) is 7. The number of para-hydroxylation sites is 1. The summed E-state index contributed by atoms with van der Waals surface area (Å²) in [5.74, 6) is 0.980. The van der Waals surface area contributed by atoms with Crippen LogP contribution in [0.2, 0.25) is 0 Å². The number of nitriles is 1. The van der Waals surface area contributed by atoms with E-state index in [1.54, 1.807) is 11.8 Å². The van der Waals surface area contributed by atoms with Crippen LogP contribution in [-0.2, 0) is 0 Å². The predicted molar refractivity (Wildman–Crippen MR) is 145 cm³/mol. The molecule has 1 fully saturated rings. The fourth-order valence-corrected chi connectivity index (χ4v) is 5.81. The maximum atomic E-state index is 13.4. The van der Waals surface area contributed by atoms with Gasteiger partial charge < -0.3 is 14.3 Å². The van der Waals surface area contributed by atoms with Gasteiger partial charge in [0.25, 0.3) is 11.8 Å². The summed E-state index contributed by atoms with van der Waals surface area (Å²) in [5, 5.41) is 13.8. The first-order valence-electron chi connectivity index (χ1n) is 12.8. The molecule has 3 heterocycles. The van der Waals surface area contributed by atoms with Crippen molar-refractivity contribution in [3.05, 3.63) is 94.8 Å². The quantitative estimate of drug-likeness (QED) is 0.396. The highest BCUT2D eigenvalue weighted by atomic mass is 16.5. The summed E-state index contributed by atoms with van der Waals surface area (Å²) >= 11 is 0. The molecule has 1 unspecified atom stereocenters. The standard InChI is InChI=1S/C30H28N6O2/c1-19-18-35(14-15-36(19)26-13-12-21(16-22(26)17-31)29-32-20(2)33-38-29)28-23-8-4-5-9-24(23)30(37)34(3)27-11-7-6-10-25(27)28/h4-13,16,19,28H,14-15,18H2,1-3H3/t19-,28?/m1/s1. The Balaban J connectivity index is 1.33. The molecular formula is C30H28N6O2. The lowest BCUT2D eigenvalue weighted by atomic mass is 9.92. The lowest BCUT2D eigenvalue weighted by Gasteiger charge is -2.45. The third kappa shape index (κ3) is 3.92. The second kappa shape index (κ2) is 9.43. The van der Waals surface area contributed by atoms with Crippen LogP contribution in [0.1, 0.15) is 45.8 Å². The van der Waals surface area contributed by atoms with E-state index in [0.717, 1.165) is 53.3 Å². The number of aromatic nitrogens is 2. The van der Waals surface area contributed by atoms with E-state index < -0.39 is 0 Å². The maximum absolute atomic E-state index is 13.4. The van der Waals surface area contributed by atoms with Gasteiger partial charge in [-0.3, -0.25) is 9.69 Å². The van der Waals surface area contributed by atoms with Gasteiger partial charge in [-0.25, -0.2) is 0 Å². The first-order valence-corrected chi connectivity index (χ1v) is 12.8. The molecule has 6 rings (SSSR count). The maximum Gasteiger partial charge on any atom is 0.258 e. The van der Waals surface area contributed by atoms with Gasteiger partial charge in [0.2, 0.25) is 0 Å². The van der Waals surface area contributed by atoms with Crippen LogP contribution in [0, 0.1) is 18.3 Å².